The molecule has 10 heteroatoms. The van der Waals surface area contributed by atoms with E-state index in [1.54, 1.807) is 6.07 Å². The van der Waals surface area contributed by atoms with Crippen LogP contribution in [-0.4, -0.2) is 36.3 Å². The first-order chi connectivity index (χ1) is 14.8. The Kier molecular flexibility index (Phi) is 10.1. The molecule has 3 rings (SSSR count). The Morgan fingerprint density at radius 2 is 1.91 bits per heavy atom. The molecule has 0 amide bonds. The smallest absolute Gasteiger partial charge is 0.416 e. The van der Waals surface area contributed by atoms with Gasteiger partial charge in [0.05, 0.1) is 43.6 Å². The summed E-state index contributed by atoms with van der Waals surface area (Å²) in [5.41, 5.74) is 0.703. The predicted molar refractivity (Wildman–Crippen MR) is 113 cm³/mol. The average Bonchev–Trinajstić information content (AvgIpc) is 3.28. The van der Waals surface area contributed by atoms with Crippen LogP contribution in [0.1, 0.15) is 41.7 Å². The number of ether oxygens (including phenoxy) is 3. The molecule has 1 fully saturated rings. The Morgan fingerprint density at radius 1 is 1.25 bits per heavy atom. The molecule has 2 aromatic rings. The van der Waals surface area contributed by atoms with Crippen LogP contribution in [0.15, 0.2) is 24.5 Å². The van der Waals surface area contributed by atoms with Crippen molar-refractivity contribution in [1.29, 1.82) is 0 Å². The van der Waals surface area contributed by atoms with E-state index in [0.29, 0.717) is 35.9 Å². The van der Waals surface area contributed by atoms with Gasteiger partial charge in [0.25, 0.3) is 0 Å². The minimum atomic E-state index is -4.43. The van der Waals surface area contributed by atoms with E-state index in [2.05, 4.69) is 28.1 Å². The second kappa shape index (κ2) is 12.0. The number of alkyl halides is 3. The zero-order chi connectivity index (χ0) is 23.0. The van der Waals surface area contributed by atoms with Gasteiger partial charge in [-0.1, -0.05) is 19.6 Å². The van der Waals surface area contributed by atoms with Crippen molar-refractivity contribution in [3.63, 3.8) is 0 Å². The first kappa shape index (κ1) is 26.9. The van der Waals surface area contributed by atoms with Crippen LogP contribution in [-0.2, 0) is 38.1 Å². The number of carbonyl (C=O) groups excluding carboxylic acids is 1. The number of nitrogens with one attached hydrogen (secondary N) is 1. The molecule has 7 nitrogen and oxygen atoms in total. The maximum atomic E-state index is 13.2. The summed E-state index contributed by atoms with van der Waals surface area (Å²) in [4.78, 5) is 20.0. The number of terminal acetylenes is 1. The molecule has 0 bridgehead atoms. The number of hydrogen-bond donors (Lipinski definition) is 1. The highest BCUT2D eigenvalue weighted by atomic mass is 19.4. The predicted octanol–water partition coefficient (Wildman–Crippen LogP) is 4.06. The van der Waals surface area contributed by atoms with E-state index in [9.17, 15) is 18.0 Å². The second-order valence-electron chi connectivity index (χ2n) is 6.35. The summed E-state index contributed by atoms with van der Waals surface area (Å²) in [6.45, 7) is 2.24. The number of rotatable bonds is 6. The third kappa shape index (κ3) is 6.42. The van der Waals surface area contributed by atoms with Gasteiger partial charge in [-0.25, -0.2) is 9.97 Å². The maximum Gasteiger partial charge on any atom is 0.416 e. The fourth-order valence-corrected chi connectivity index (χ4v) is 3.06. The molecule has 32 heavy (non-hydrogen) atoms. The van der Waals surface area contributed by atoms with Crippen molar-refractivity contribution in [3.8, 4) is 12.8 Å². The molecule has 2 heterocycles. The summed E-state index contributed by atoms with van der Waals surface area (Å²) in [5, 5.41) is 3.03. The Balaban J connectivity index is 0.00000166. The molecule has 1 aliphatic rings. The third-order valence-electron chi connectivity index (χ3n) is 4.56. The van der Waals surface area contributed by atoms with Gasteiger partial charge in [0.2, 0.25) is 0 Å². The van der Waals surface area contributed by atoms with E-state index in [1.165, 1.54) is 26.4 Å². The first-order valence-corrected chi connectivity index (χ1v) is 9.18. The molecule has 0 aliphatic carbocycles. The summed E-state index contributed by atoms with van der Waals surface area (Å²) in [6, 6.07) is 4.01. The van der Waals surface area contributed by atoms with Crippen molar-refractivity contribution in [2.45, 2.75) is 39.8 Å². The van der Waals surface area contributed by atoms with Crippen molar-refractivity contribution in [2.75, 3.05) is 25.6 Å². The molecule has 0 saturated carbocycles. The van der Waals surface area contributed by atoms with E-state index in [-0.39, 0.29) is 26.0 Å². The molecule has 1 aromatic heterocycles. The topological polar surface area (TPSA) is 82.6 Å². The molecule has 0 atom stereocenters. The lowest BCUT2D eigenvalue weighted by Crippen LogP contribution is -2.16. The van der Waals surface area contributed by atoms with Crippen LogP contribution in [0.2, 0.25) is 0 Å². The monoisotopic (exact) mass is 453 g/mol. The highest BCUT2D eigenvalue weighted by Crippen LogP contribution is 2.34. The number of esters is 1. The van der Waals surface area contributed by atoms with Gasteiger partial charge in [-0.15, -0.1) is 12.8 Å². The molecule has 1 aliphatic heterocycles. The zero-order valence-corrected chi connectivity index (χ0v) is 17.0. The molecule has 1 saturated heterocycles. The summed E-state index contributed by atoms with van der Waals surface area (Å²) in [7, 11) is 1.27. The van der Waals surface area contributed by atoms with Crippen LogP contribution in [0.3, 0.4) is 0 Å². The number of aromatic nitrogens is 2. The number of halogens is 3. The van der Waals surface area contributed by atoms with Crippen LogP contribution in [0.5, 0.6) is 0 Å². The minimum absolute atomic E-state index is 0. The van der Waals surface area contributed by atoms with Gasteiger partial charge in [0, 0.05) is 6.54 Å². The van der Waals surface area contributed by atoms with Crippen LogP contribution in [0, 0.1) is 19.8 Å². The fraction of sp³-hybridized carbons (Fsp3) is 0.409. The largest absolute Gasteiger partial charge is 0.469 e. The van der Waals surface area contributed by atoms with Gasteiger partial charge in [-0.05, 0) is 24.1 Å². The van der Waals surface area contributed by atoms with E-state index in [4.69, 9.17) is 14.2 Å². The fourth-order valence-electron chi connectivity index (χ4n) is 3.06. The summed E-state index contributed by atoms with van der Waals surface area (Å²) >= 11 is 0. The normalized spacial score (nSPS) is 13.5. The van der Waals surface area contributed by atoms with E-state index in [1.807, 2.05) is 0 Å². The number of hydrogen-bond acceptors (Lipinski definition) is 7. The van der Waals surface area contributed by atoms with Gasteiger partial charge in [-0.3, -0.25) is 4.79 Å². The highest BCUT2D eigenvalue weighted by molar-refractivity contribution is 5.73. The number of anilines is 1. The Labute approximate surface area is 185 Å². The molecule has 0 unspecified atom stereocenters. The summed E-state index contributed by atoms with van der Waals surface area (Å²) < 4.78 is 55.2. The molecule has 1 aromatic carbocycles. The molecular weight excluding hydrogens is 427 g/mol. The minimum Gasteiger partial charge on any atom is -0.469 e. The average molecular weight is 453 g/mol. The lowest BCUT2D eigenvalue weighted by molar-refractivity contribution is -0.140. The zero-order valence-electron chi connectivity index (χ0n) is 17.0. The second-order valence-corrected chi connectivity index (χ2v) is 6.35. The van der Waals surface area contributed by atoms with Gasteiger partial charge in [0.1, 0.15) is 12.1 Å². The van der Waals surface area contributed by atoms with E-state index >= 15 is 0 Å². The van der Waals surface area contributed by atoms with Crippen molar-refractivity contribution >= 4 is 11.8 Å². The van der Waals surface area contributed by atoms with Crippen LogP contribution in [0.25, 0.3) is 0 Å². The quantitative estimate of drug-likeness (QED) is 0.522. The van der Waals surface area contributed by atoms with E-state index < -0.39 is 24.0 Å². The van der Waals surface area contributed by atoms with Crippen LogP contribution in [0.4, 0.5) is 19.0 Å². The lowest BCUT2D eigenvalue weighted by atomic mass is 10.0. The SMILES string of the molecule is C.C#C.COC(=O)Cc1ncnc(NCc2cccc(C(F)(F)F)c2C)c1C1OCCO1. The Morgan fingerprint density at radius 3 is 2.50 bits per heavy atom. The molecule has 0 radical (unpaired) electrons. The van der Waals surface area contributed by atoms with Gasteiger partial charge >= 0.3 is 12.1 Å². The van der Waals surface area contributed by atoms with Crippen LogP contribution < -0.4 is 5.32 Å². The van der Waals surface area contributed by atoms with Crippen molar-refractivity contribution in [2.24, 2.45) is 0 Å². The Hall–Kier alpha value is -3.16. The Bertz CT molecular complexity index is 926. The van der Waals surface area contributed by atoms with Crippen LogP contribution >= 0.6 is 0 Å². The molecule has 0 spiro atoms. The molecule has 174 valence electrons. The maximum absolute atomic E-state index is 13.2. The van der Waals surface area contributed by atoms with Gasteiger partial charge < -0.3 is 19.5 Å². The molecular formula is C22H26F3N3O4. The number of benzene rings is 1. The molecule has 1 N–H and O–H groups in total. The number of methoxy groups -OCH3 is 1. The third-order valence-corrected chi connectivity index (χ3v) is 4.56. The lowest BCUT2D eigenvalue weighted by Gasteiger charge is -2.19. The van der Waals surface area contributed by atoms with Gasteiger partial charge in [-0.2, -0.15) is 13.2 Å². The first-order valence-electron chi connectivity index (χ1n) is 9.18. The van der Waals surface area contributed by atoms with Crippen molar-refractivity contribution in [3.05, 3.63) is 52.5 Å². The number of nitrogens with zero attached hydrogens (tertiary/aromatic N) is 2. The highest BCUT2D eigenvalue weighted by Gasteiger charge is 2.33. The van der Waals surface area contributed by atoms with Crippen molar-refractivity contribution < 1.29 is 32.2 Å². The summed E-state index contributed by atoms with van der Waals surface area (Å²) in [5.74, 6) is -0.176. The van der Waals surface area contributed by atoms with Gasteiger partial charge in [0.15, 0.2) is 6.29 Å². The van der Waals surface area contributed by atoms with E-state index in [0.717, 1.165) is 6.07 Å². The number of carbonyl (C=O) groups is 1. The standard InChI is InChI=1S/C19H20F3N3O4.C2H2.CH4/c1-11-12(4-3-5-13(11)19(20,21)22)9-23-17-16(18-28-6-7-29-18)14(24-10-25-17)8-15(26)27-2;1-2;/h3-5,10,18H,6-9H2,1-2H3,(H,23,24,25);1-2H;1H4. The van der Waals surface area contributed by atoms with Crippen molar-refractivity contribution in [1.82, 2.24) is 9.97 Å². The summed E-state index contributed by atoms with van der Waals surface area (Å²) in [6.07, 6.45) is 3.94.